The molecule has 0 amide bonds. The second-order valence-corrected chi connectivity index (χ2v) is 5.13. The monoisotopic (exact) mass is 197 g/mol. The molecule has 0 bridgehead atoms. The lowest BCUT2D eigenvalue weighted by Gasteiger charge is -2.48. The zero-order valence-corrected chi connectivity index (χ0v) is 9.50. The number of hydrogen-bond donors (Lipinski definition) is 1. The second-order valence-electron chi connectivity index (χ2n) is 5.13. The van der Waals surface area contributed by atoms with Crippen LogP contribution in [0.1, 0.15) is 25.7 Å². The van der Waals surface area contributed by atoms with E-state index in [1.54, 1.807) is 0 Å². The Hall–Kier alpha value is -0.120. The molecule has 1 aliphatic heterocycles. The van der Waals surface area contributed by atoms with Gasteiger partial charge in [-0.1, -0.05) is 0 Å². The van der Waals surface area contributed by atoms with Crippen molar-refractivity contribution in [2.24, 2.45) is 5.73 Å². The third-order valence-electron chi connectivity index (χ3n) is 4.23. The van der Waals surface area contributed by atoms with Gasteiger partial charge in [-0.2, -0.15) is 0 Å². The third-order valence-corrected chi connectivity index (χ3v) is 4.23. The van der Waals surface area contributed by atoms with Gasteiger partial charge in [-0.3, -0.25) is 4.90 Å². The number of likely N-dealkylation sites (tertiary alicyclic amines) is 1. The quantitative estimate of drug-likeness (QED) is 0.715. The summed E-state index contributed by atoms with van der Waals surface area (Å²) < 4.78 is 0. The van der Waals surface area contributed by atoms with Gasteiger partial charge in [0.15, 0.2) is 0 Å². The maximum atomic E-state index is 5.91. The maximum Gasteiger partial charge on any atom is 0.0332 e. The van der Waals surface area contributed by atoms with Gasteiger partial charge in [-0.25, -0.2) is 0 Å². The van der Waals surface area contributed by atoms with Gasteiger partial charge < -0.3 is 10.6 Å². The number of nitrogens with zero attached hydrogens (tertiary/aromatic N) is 2. The molecule has 1 unspecified atom stereocenters. The SMILES string of the molecule is CN(C)C1CCN(C2(CN)CCC2)C1. The van der Waals surface area contributed by atoms with E-state index in [9.17, 15) is 0 Å². The van der Waals surface area contributed by atoms with E-state index in [1.807, 2.05) is 0 Å². The molecule has 2 fully saturated rings. The van der Waals surface area contributed by atoms with E-state index in [1.165, 1.54) is 38.8 Å². The van der Waals surface area contributed by atoms with Gasteiger partial charge >= 0.3 is 0 Å². The topological polar surface area (TPSA) is 32.5 Å². The van der Waals surface area contributed by atoms with Crippen LogP contribution in [0, 0.1) is 0 Å². The second kappa shape index (κ2) is 3.80. The van der Waals surface area contributed by atoms with Crippen LogP contribution in [0.2, 0.25) is 0 Å². The summed E-state index contributed by atoms with van der Waals surface area (Å²) >= 11 is 0. The Kier molecular flexibility index (Phi) is 2.82. The van der Waals surface area contributed by atoms with Crippen LogP contribution in [0.15, 0.2) is 0 Å². The van der Waals surface area contributed by atoms with E-state index in [-0.39, 0.29) is 0 Å². The minimum Gasteiger partial charge on any atom is -0.329 e. The summed E-state index contributed by atoms with van der Waals surface area (Å²) in [6.45, 7) is 3.33. The molecule has 1 heterocycles. The fourth-order valence-electron chi connectivity index (χ4n) is 2.83. The number of likely N-dealkylation sites (N-methyl/N-ethyl adjacent to an activating group) is 1. The molecule has 1 aliphatic carbocycles. The average molecular weight is 197 g/mol. The van der Waals surface area contributed by atoms with Crippen LogP contribution in [0.4, 0.5) is 0 Å². The molecular formula is C11H23N3. The molecule has 1 saturated heterocycles. The summed E-state index contributed by atoms with van der Waals surface area (Å²) in [5.41, 5.74) is 6.31. The van der Waals surface area contributed by atoms with Crippen molar-refractivity contribution in [1.82, 2.24) is 9.80 Å². The van der Waals surface area contributed by atoms with Crippen molar-refractivity contribution in [1.29, 1.82) is 0 Å². The number of hydrogen-bond acceptors (Lipinski definition) is 3. The summed E-state index contributed by atoms with van der Waals surface area (Å²) in [6.07, 6.45) is 5.34. The zero-order chi connectivity index (χ0) is 10.2. The first-order chi connectivity index (χ1) is 6.68. The van der Waals surface area contributed by atoms with Crippen molar-refractivity contribution >= 4 is 0 Å². The Balaban J connectivity index is 1.94. The number of nitrogens with two attached hydrogens (primary N) is 1. The molecule has 3 nitrogen and oxygen atoms in total. The smallest absolute Gasteiger partial charge is 0.0332 e. The molecule has 82 valence electrons. The van der Waals surface area contributed by atoms with E-state index in [2.05, 4.69) is 23.9 Å². The summed E-state index contributed by atoms with van der Waals surface area (Å²) in [5, 5.41) is 0. The first kappa shape index (κ1) is 10.4. The minimum absolute atomic E-state index is 0.394. The molecule has 0 radical (unpaired) electrons. The molecule has 1 atom stereocenters. The van der Waals surface area contributed by atoms with Crippen LogP contribution in [0.3, 0.4) is 0 Å². The van der Waals surface area contributed by atoms with Crippen LogP contribution < -0.4 is 5.73 Å². The van der Waals surface area contributed by atoms with E-state index < -0.39 is 0 Å². The third kappa shape index (κ3) is 1.58. The Morgan fingerprint density at radius 1 is 1.43 bits per heavy atom. The molecule has 0 aromatic rings. The Morgan fingerprint density at radius 2 is 2.14 bits per heavy atom. The average Bonchev–Trinajstić information content (AvgIpc) is 2.52. The molecule has 3 heteroatoms. The highest BCUT2D eigenvalue weighted by molar-refractivity contribution is 5.02. The van der Waals surface area contributed by atoms with E-state index >= 15 is 0 Å². The lowest BCUT2D eigenvalue weighted by molar-refractivity contribution is 0.0392. The van der Waals surface area contributed by atoms with Gasteiger partial charge in [0.05, 0.1) is 0 Å². The molecule has 0 aromatic carbocycles. The van der Waals surface area contributed by atoms with Crippen LogP contribution in [0.25, 0.3) is 0 Å². The highest BCUT2D eigenvalue weighted by Crippen LogP contribution is 2.39. The molecule has 2 aliphatic rings. The lowest BCUT2D eigenvalue weighted by atomic mass is 9.75. The van der Waals surface area contributed by atoms with Gasteiger partial charge in [-0.05, 0) is 39.8 Å². The Labute approximate surface area is 87.2 Å². The Bertz CT molecular complexity index is 193. The van der Waals surface area contributed by atoms with Crippen molar-refractivity contribution in [3.63, 3.8) is 0 Å². The fraction of sp³-hybridized carbons (Fsp3) is 1.00. The van der Waals surface area contributed by atoms with Crippen LogP contribution in [-0.2, 0) is 0 Å². The first-order valence-electron chi connectivity index (χ1n) is 5.79. The van der Waals surface area contributed by atoms with Crippen molar-refractivity contribution < 1.29 is 0 Å². The van der Waals surface area contributed by atoms with Crippen LogP contribution in [0.5, 0.6) is 0 Å². The lowest BCUT2D eigenvalue weighted by Crippen LogP contribution is -2.58. The molecule has 0 spiro atoms. The van der Waals surface area contributed by atoms with E-state index in [0.717, 1.165) is 12.6 Å². The summed E-state index contributed by atoms with van der Waals surface area (Å²) in [5.74, 6) is 0. The van der Waals surface area contributed by atoms with Crippen molar-refractivity contribution in [3.05, 3.63) is 0 Å². The normalized spacial score (nSPS) is 32.1. The Morgan fingerprint density at radius 3 is 2.50 bits per heavy atom. The molecule has 2 rings (SSSR count). The van der Waals surface area contributed by atoms with Gasteiger partial charge in [-0.15, -0.1) is 0 Å². The van der Waals surface area contributed by atoms with Gasteiger partial charge in [0.2, 0.25) is 0 Å². The van der Waals surface area contributed by atoms with Gasteiger partial charge in [0.1, 0.15) is 0 Å². The summed E-state index contributed by atoms with van der Waals surface area (Å²) in [7, 11) is 4.37. The fourth-order valence-corrected chi connectivity index (χ4v) is 2.83. The summed E-state index contributed by atoms with van der Waals surface area (Å²) in [4.78, 5) is 4.99. The van der Waals surface area contributed by atoms with Crippen molar-refractivity contribution in [2.45, 2.75) is 37.3 Å². The molecule has 1 saturated carbocycles. The highest BCUT2D eigenvalue weighted by Gasteiger charge is 2.44. The van der Waals surface area contributed by atoms with Crippen molar-refractivity contribution in [2.75, 3.05) is 33.7 Å². The van der Waals surface area contributed by atoms with Crippen LogP contribution in [-0.4, -0.2) is 55.1 Å². The van der Waals surface area contributed by atoms with Gasteiger partial charge in [0.25, 0.3) is 0 Å². The van der Waals surface area contributed by atoms with E-state index in [4.69, 9.17) is 5.73 Å². The highest BCUT2D eigenvalue weighted by atomic mass is 15.3. The number of rotatable bonds is 3. The first-order valence-corrected chi connectivity index (χ1v) is 5.79. The molecule has 14 heavy (non-hydrogen) atoms. The maximum absolute atomic E-state index is 5.91. The minimum atomic E-state index is 0.394. The molecule has 0 aromatic heterocycles. The van der Waals surface area contributed by atoms with E-state index in [0.29, 0.717) is 5.54 Å². The van der Waals surface area contributed by atoms with Crippen LogP contribution >= 0.6 is 0 Å². The summed E-state index contributed by atoms with van der Waals surface area (Å²) in [6, 6.07) is 0.749. The molecule has 2 N–H and O–H groups in total. The molecular weight excluding hydrogens is 174 g/mol. The zero-order valence-electron chi connectivity index (χ0n) is 9.50. The predicted molar refractivity (Wildman–Crippen MR) is 59.3 cm³/mol. The standard InChI is InChI=1S/C11H23N3/c1-13(2)10-4-7-14(8-10)11(9-12)5-3-6-11/h10H,3-9,12H2,1-2H3. The van der Waals surface area contributed by atoms with Gasteiger partial charge in [0, 0.05) is 31.2 Å². The largest absolute Gasteiger partial charge is 0.329 e. The predicted octanol–water partition coefficient (Wildman–Crippen LogP) is 0.504. The van der Waals surface area contributed by atoms with Crippen molar-refractivity contribution in [3.8, 4) is 0 Å².